The summed E-state index contributed by atoms with van der Waals surface area (Å²) in [7, 11) is 0. The van der Waals surface area contributed by atoms with Crippen molar-refractivity contribution in [2.75, 3.05) is 0 Å². The molecule has 0 bridgehead atoms. The van der Waals surface area contributed by atoms with Gasteiger partial charge in [-0.15, -0.1) is 0 Å². The number of rotatable bonds is 2. The highest BCUT2D eigenvalue weighted by atomic mass is 16.1. The van der Waals surface area contributed by atoms with Crippen molar-refractivity contribution in [3.63, 3.8) is 0 Å². The van der Waals surface area contributed by atoms with Gasteiger partial charge in [-0.05, 0) is 31.0 Å². The molecule has 4 heteroatoms. The highest BCUT2D eigenvalue weighted by Gasteiger charge is 2.21. The van der Waals surface area contributed by atoms with E-state index in [2.05, 4.69) is 37.0 Å². The summed E-state index contributed by atoms with van der Waals surface area (Å²) in [5, 5.41) is 6.70. The third kappa shape index (κ3) is 3.22. The SMILES string of the molecule is Cc1ccc(C(N)c2cc(C(C)(C)C)n[nH]c2=O)c(C)c1. The molecule has 0 radical (unpaired) electrons. The Balaban J connectivity index is 2.52. The average molecular weight is 285 g/mol. The molecule has 112 valence electrons. The Kier molecular flexibility index (Phi) is 4.01. The maximum atomic E-state index is 12.1. The molecule has 21 heavy (non-hydrogen) atoms. The fourth-order valence-corrected chi connectivity index (χ4v) is 2.38. The second-order valence-corrected chi connectivity index (χ2v) is 6.63. The standard InChI is InChI=1S/C17H23N3O/c1-10-6-7-12(11(2)8-10)15(18)13-9-14(17(3,4)5)19-20-16(13)21/h6-9,15H,18H2,1-5H3,(H,20,21). The van der Waals surface area contributed by atoms with Gasteiger partial charge in [0.05, 0.1) is 11.7 Å². The number of aryl methyl sites for hydroxylation is 2. The quantitative estimate of drug-likeness (QED) is 0.891. The molecule has 4 nitrogen and oxygen atoms in total. The fraction of sp³-hybridized carbons (Fsp3) is 0.412. The summed E-state index contributed by atoms with van der Waals surface area (Å²) in [4.78, 5) is 12.1. The number of hydrogen-bond acceptors (Lipinski definition) is 3. The molecule has 1 heterocycles. The maximum absolute atomic E-state index is 12.1. The van der Waals surface area contributed by atoms with Gasteiger partial charge < -0.3 is 5.73 Å². The third-order valence-electron chi connectivity index (χ3n) is 3.70. The minimum absolute atomic E-state index is 0.138. The van der Waals surface area contributed by atoms with Gasteiger partial charge in [-0.3, -0.25) is 4.79 Å². The van der Waals surface area contributed by atoms with Crippen LogP contribution in [0.15, 0.2) is 29.1 Å². The summed E-state index contributed by atoms with van der Waals surface area (Å²) in [5.74, 6) is 0. The van der Waals surface area contributed by atoms with E-state index in [1.54, 1.807) is 0 Å². The van der Waals surface area contributed by atoms with E-state index in [9.17, 15) is 4.79 Å². The molecule has 0 aliphatic heterocycles. The Labute approximate surface area is 125 Å². The fourth-order valence-electron chi connectivity index (χ4n) is 2.38. The van der Waals surface area contributed by atoms with Crippen LogP contribution < -0.4 is 11.3 Å². The van der Waals surface area contributed by atoms with Gasteiger partial charge in [0.2, 0.25) is 0 Å². The summed E-state index contributed by atoms with van der Waals surface area (Å²) < 4.78 is 0. The lowest BCUT2D eigenvalue weighted by Crippen LogP contribution is -2.27. The summed E-state index contributed by atoms with van der Waals surface area (Å²) in [6.07, 6.45) is 0. The first-order valence-corrected chi connectivity index (χ1v) is 7.13. The van der Waals surface area contributed by atoms with Gasteiger partial charge in [0.25, 0.3) is 5.56 Å². The van der Waals surface area contributed by atoms with Crippen molar-refractivity contribution in [2.45, 2.75) is 46.1 Å². The van der Waals surface area contributed by atoms with Crippen LogP contribution in [-0.2, 0) is 5.41 Å². The van der Waals surface area contributed by atoms with Crippen molar-refractivity contribution < 1.29 is 0 Å². The smallest absolute Gasteiger partial charge is 0.269 e. The van der Waals surface area contributed by atoms with Gasteiger partial charge in [-0.25, -0.2) is 5.10 Å². The Hall–Kier alpha value is -1.94. The van der Waals surface area contributed by atoms with Crippen LogP contribution in [0.5, 0.6) is 0 Å². The van der Waals surface area contributed by atoms with Crippen molar-refractivity contribution in [3.05, 3.63) is 62.6 Å². The Bertz CT molecular complexity index is 711. The monoisotopic (exact) mass is 285 g/mol. The zero-order chi connectivity index (χ0) is 15.8. The Morgan fingerprint density at radius 2 is 1.81 bits per heavy atom. The van der Waals surface area contributed by atoms with Crippen LogP contribution in [0.3, 0.4) is 0 Å². The number of aromatic amines is 1. The van der Waals surface area contributed by atoms with Crippen molar-refractivity contribution in [3.8, 4) is 0 Å². The number of nitrogens with two attached hydrogens (primary N) is 1. The highest BCUT2D eigenvalue weighted by Crippen LogP contribution is 2.24. The summed E-state index contributed by atoms with van der Waals surface area (Å²) in [6, 6.07) is 7.46. The zero-order valence-corrected chi connectivity index (χ0v) is 13.3. The topological polar surface area (TPSA) is 71.8 Å². The molecule has 0 saturated carbocycles. The van der Waals surface area contributed by atoms with Gasteiger partial charge in [-0.2, -0.15) is 5.10 Å². The van der Waals surface area contributed by atoms with Crippen LogP contribution in [0.25, 0.3) is 0 Å². The lowest BCUT2D eigenvalue weighted by molar-refractivity contribution is 0.553. The highest BCUT2D eigenvalue weighted by molar-refractivity contribution is 5.38. The van der Waals surface area contributed by atoms with E-state index in [4.69, 9.17) is 5.73 Å². The van der Waals surface area contributed by atoms with Gasteiger partial charge >= 0.3 is 0 Å². The van der Waals surface area contributed by atoms with E-state index in [-0.39, 0.29) is 11.0 Å². The van der Waals surface area contributed by atoms with Crippen molar-refractivity contribution in [1.82, 2.24) is 10.2 Å². The molecule has 1 aromatic heterocycles. The zero-order valence-electron chi connectivity index (χ0n) is 13.3. The van der Waals surface area contributed by atoms with Crippen molar-refractivity contribution >= 4 is 0 Å². The Morgan fingerprint density at radius 3 is 2.38 bits per heavy atom. The molecule has 2 aromatic rings. The van der Waals surface area contributed by atoms with Crippen LogP contribution >= 0.6 is 0 Å². The number of benzene rings is 1. The molecule has 0 aliphatic carbocycles. The molecule has 0 fully saturated rings. The molecule has 0 saturated heterocycles. The largest absolute Gasteiger partial charge is 0.320 e. The first kappa shape index (κ1) is 15.4. The van der Waals surface area contributed by atoms with Crippen LogP contribution in [0.4, 0.5) is 0 Å². The van der Waals surface area contributed by atoms with Crippen molar-refractivity contribution in [2.24, 2.45) is 5.73 Å². The van der Waals surface area contributed by atoms with E-state index in [1.165, 1.54) is 5.56 Å². The molecular weight excluding hydrogens is 262 g/mol. The average Bonchev–Trinajstić information content (AvgIpc) is 2.37. The summed E-state index contributed by atoms with van der Waals surface area (Å²) in [6.45, 7) is 10.2. The lowest BCUT2D eigenvalue weighted by atomic mass is 9.89. The van der Waals surface area contributed by atoms with E-state index < -0.39 is 6.04 Å². The van der Waals surface area contributed by atoms with Gasteiger partial charge in [0.15, 0.2) is 0 Å². The van der Waals surface area contributed by atoms with E-state index in [1.807, 2.05) is 32.0 Å². The minimum atomic E-state index is -0.446. The molecule has 2 rings (SSSR count). The minimum Gasteiger partial charge on any atom is -0.320 e. The summed E-state index contributed by atoms with van der Waals surface area (Å²) >= 11 is 0. The summed E-state index contributed by atoms with van der Waals surface area (Å²) in [5.41, 5.74) is 10.6. The van der Waals surface area contributed by atoms with E-state index >= 15 is 0 Å². The predicted octanol–water partition coefficient (Wildman–Crippen LogP) is 2.73. The second kappa shape index (κ2) is 5.45. The van der Waals surface area contributed by atoms with Gasteiger partial charge in [-0.1, -0.05) is 44.5 Å². The van der Waals surface area contributed by atoms with Crippen LogP contribution in [0, 0.1) is 13.8 Å². The number of aromatic nitrogens is 2. The molecule has 1 aromatic carbocycles. The van der Waals surface area contributed by atoms with Gasteiger partial charge in [0.1, 0.15) is 0 Å². The Morgan fingerprint density at radius 1 is 1.14 bits per heavy atom. The van der Waals surface area contributed by atoms with E-state index in [0.717, 1.165) is 16.8 Å². The predicted molar refractivity (Wildman–Crippen MR) is 85.5 cm³/mol. The van der Waals surface area contributed by atoms with Crippen molar-refractivity contribution in [1.29, 1.82) is 0 Å². The number of nitrogens with one attached hydrogen (secondary N) is 1. The van der Waals surface area contributed by atoms with Crippen LogP contribution in [0.1, 0.15) is 54.8 Å². The first-order valence-electron chi connectivity index (χ1n) is 7.13. The molecule has 1 unspecified atom stereocenters. The number of nitrogens with zero attached hydrogens (tertiary/aromatic N) is 1. The third-order valence-corrected chi connectivity index (χ3v) is 3.70. The lowest BCUT2D eigenvalue weighted by Gasteiger charge is -2.20. The molecule has 3 N–H and O–H groups in total. The van der Waals surface area contributed by atoms with Crippen LogP contribution in [-0.4, -0.2) is 10.2 Å². The first-order chi connectivity index (χ1) is 9.70. The molecule has 0 spiro atoms. The second-order valence-electron chi connectivity index (χ2n) is 6.63. The number of H-pyrrole nitrogens is 1. The molecule has 0 aliphatic rings. The number of hydrogen-bond donors (Lipinski definition) is 2. The van der Waals surface area contributed by atoms with Gasteiger partial charge in [0, 0.05) is 11.0 Å². The molecular formula is C17H23N3O. The van der Waals surface area contributed by atoms with E-state index in [0.29, 0.717) is 5.56 Å². The molecule has 0 amide bonds. The van der Waals surface area contributed by atoms with Crippen LogP contribution in [0.2, 0.25) is 0 Å². The molecule has 1 atom stereocenters. The normalized spacial score (nSPS) is 13.2. The maximum Gasteiger partial charge on any atom is 0.269 e.